The van der Waals surface area contributed by atoms with Crippen molar-refractivity contribution in [3.8, 4) is 0 Å². The minimum absolute atomic E-state index is 0.149. The molecule has 1 heterocycles. The van der Waals surface area contributed by atoms with Crippen molar-refractivity contribution in [3.05, 3.63) is 35.9 Å². The first-order valence-electron chi connectivity index (χ1n) is 10.0. The van der Waals surface area contributed by atoms with E-state index in [4.69, 9.17) is 0 Å². The summed E-state index contributed by atoms with van der Waals surface area (Å²) in [4.78, 5) is 20.6. The summed E-state index contributed by atoms with van der Waals surface area (Å²) >= 11 is 0. The van der Waals surface area contributed by atoms with Crippen LogP contribution in [0.15, 0.2) is 35.3 Å². The van der Waals surface area contributed by atoms with Gasteiger partial charge in [-0.1, -0.05) is 30.3 Å². The van der Waals surface area contributed by atoms with Crippen molar-refractivity contribution in [2.75, 3.05) is 47.3 Å². The number of carbonyl (C=O) groups excluding carboxylic acids is 1. The van der Waals surface area contributed by atoms with E-state index in [1.54, 1.807) is 7.05 Å². The van der Waals surface area contributed by atoms with Gasteiger partial charge < -0.3 is 20.4 Å². The number of amides is 1. The van der Waals surface area contributed by atoms with Gasteiger partial charge in [0.1, 0.15) is 0 Å². The van der Waals surface area contributed by atoms with E-state index >= 15 is 0 Å². The molecule has 1 aliphatic rings. The van der Waals surface area contributed by atoms with Crippen LogP contribution in [-0.4, -0.2) is 69.0 Å². The Morgan fingerprint density at radius 1 is 1.26 bits per heavy atom. The molecule has 6 nitrogen and oxygen atoms in total. The summed E-state index contributed by atoms with van der Waals surface area (Å²) in [5.41, 5.74) is 1.35. The molecule has 0 saturated carbocycles. The lowest BCUT2D eigenvalue weighted by Gasteiger charge is -2.34. The molecule has 150 valence electrons. The number of nitrogens with one attached hydrogen (secondary N) is 2. The first kappa shape index (κ1) is 21.2. The molecular weight excluding hydrogens is 338 g/mol. The Kier molecular flexibility index (Phi) is 9.11. The van der Waals surface area contributed by atoms with E-state index in [1.807, 2.05) is 7.05 Å². The number of likely N-dealkylation sites (tertiary alicyclic amines) is 1. The molecular formula is C21H35N5O. The second-order valence-corrected chi connectivity index (χ2v) is 7.36. The fourth-order valence-electron chi connectivity index (χ4n) is 3.57. The number of aliphatic imine (C=N–C) groups is 1. The SMILES string of the molecule is CN=C(NCCCN(C)Cc1ccccc1)N1CCC(CC(=O)NC)CC1. The lowest BCUT2D eigenvalue weighted by molar-refractivity contribution is -0.121. The summed E-state index contributed by atoms with van der Waals surface area (Å²) < 4.78 is 0. The first-order valence-corrected chi connectivity index (χ1v) is 10.0. The van der Waals surface area contributed by atoms with Crippen LogP contribution in [0.2, 0.25) is 0 Å². The predicted octanol–water partition coefficient (Wildman–Crippen LogP) is 1.93. The molecule has 1 saturated heterocycles. The molecule has 6 heteroatoms. The van der Waals surface area contributed by atoms with Crippen LogP contribution in [0.25, 0.3) is 0 Å². The van der Waals surface area contributed by atoms with Gasteiger partial charge in [0.05, 0.1) is 0 Å². The van der Waals surface area contributed by atoms with Crippen LogP contribution in [0.3, 0.4) is 0 Å². The highest BCUT2D eigenvalue weighted by molar-refractivity contribution is 5.80. The van der Waals surface area contributed by atoms with Gasteiger partial charge in [0, 0.05) is 46.7 Å². The Morgan fingerprint density at radius 3 is 2.59 bits per heavy atom. The number of hydrogen-bond acceptors (Lipinski definition) is 3. The van der Waals surface area contributed by atoms with Gasteiger partial charge in [-0.15, -0.1) is 0 Å². The smallest absolute Gasteiger partial charge is 0.220 e. The second-order valence-electron chi connectivity index (χ2n) is 7.36. The van der Waals surface area contributed by atoms with Gasteiger partial charge in [0.15, 0.2) is 5.96 Å². The first-order chi connectivity index (χ1) is 13.1. The molecule has 2 N–H and O–H groups in total. The van der Waals surface area contributed by atoms with E-state index in [2.05, 4.69) is 62.8 Å². The van der Waals surface area contributed by atoms with Gasteiger partial charge in [0.2, 0.25) is 5.91 Å². The molecule has 0 aliphatic carbocycles. The summed E-state index contributed by atoms with van der Waals surface area (Å²) in [6, 6.07) is 10.6. The Hall–Kier alpha value is -2.08. The van der Waals surface area contributed by atoms with Crippen LogP contribution in [0.5, 0.6) is 0 Å². The maximum absolute atomic E-state index is 11.5. The van der Waals surface area contributed by atoms with Crippen LogP contribution in [-0.2, 0) is 11.3 Å². The van der Waals surface area contributed by atoms with Gasteiger partial charge in [0.25, 0.3) is 0 Å². The fraction of sp³-hybridized carbons (Fsp3) is 0.619. The average Bonchev–Trinajstić information content (AvgIpc) is 2.69. The number of carbonyl (C=O) groups is 1. The van der Waals surface area contributed by atoms with Crippen LogP contribution >= 0.6 is 0 Å². The maximum Gasteiger partial charge on any atom is 0.220 e. The molecule has 0 unspecified atom stereocenters. The molecule has 1 fully saturated rings. The van der Waals surface area contributed by atoms with Crippen molar-refractivity contribution in [1.29, 1.82) is 0 Å². The Bertz CT molecular complexity index is 581. The summed E-state index contributed by atoms with van der Waals surface area (Å²) in [7, 11) is 5.72. The standard InChI is InChI=1S/C21H35N5O/c1-22-20(27)16-18-10-14-26(15-11-18)21(23-2)24-12-7-13-25(3)17-19-8-5-4-6-9-19/h4-6,8-9,18H,7,10-17H2,1-3H3,(H,22,27)(H,23,24). The number of nitrogens with zero attached hydrogens (tertiary/aromatic N) is 3. The molecule has 0 atom stereocenters. The molecule has 0 bridgehead atoms. The van der Waals surface area contributed by atoms with Crippen LogP contribution in [0, 0.1) is 5.92 Å². The molecule has 1 aromatic rings. The minimum Gasteiger partial charge on any atom is -0.359 e. The highest BCUT2D eigenvalue weighted by atomic mass is 16.1. The number of piperidine rings is 1. The quantitative estimate of drug-likeness (QED) is 0.415. The highest BCUT2D eigenvalue weighted by Gasteiger charge is 2.22. The van der Waals surface area contributed by atoms with Crippen molar-refractivity contribution >= 4 is 11.9 Å². The number of guanidine groups is 1. The predicted molar refractivity (Wildman–Crippen MR) is 112 cm³/mol. The van der Waals surface area contributed by atoms with E-state index < -0.39 is 0 Å². The fourth-order valence-corrected chi connectivity index (χ4v) is 3.57. The van der Waals surface area contributed by atoms with Crippen molar-refractivity contribution in [1.82, 2.24) is 20.4 Å². The molecule has 2 rings (SSSR count). The third kappa shape index (κ3) is 7.59. The number of rotatable bonds is 8. The van der Waals surface area contributed by atoms with E-state index in [9.17, 15) is 4.79 Å². The Labute approximate surface area is 164 Å². The maximum atomic E-state index is 11.5. The molecule has 0 aromatic heterocycles. The van der Waals surface area contributed by atoms with E-state index in [0.717, 1.165) is 57.9 Å². The molecule has 27 heavy (non-hydrogen) atoms. The third-order valence-corrected chi connectivity index (χ3v) is 5.17. The van der Waals surface area contributed by atoms with Crippen LogP contribution in [0.4, 0.5) is 0 Å². The third-order valence-electron chi connectivity index (χ3n) is 5.17. The van der Waals surface area contributed by atoms with E-state index in [1.165, 1.54) is 5.56 Å². The van der Waals surface area contributed by atoms with E-state index in [0.29, 0.717) is 12.3 Å². The lowest BCUT2D eigenvalue weighted by atomic mass is 9.93. The normalized spacial score (nSPS) is 15.9. The molecule has 1 aromatic carbocycles. The summed E-state index contributed by atoms with van der Waals surface area (Å²) in [6.07, 6.45) is 3.82. The zero-order valence-electron chi connectivity index (χ0n) is 17.1. The van der Waals surface area contributed by atoms with Gasteiger partial charge in [-0.2, -0.15) is 0 Å². The number of benzene rings is 1. The van der Waals surface area contributed by atoms with Gasteiger partial charge in [-0.3, -0.25) is 9.79 Å². The average molecular weight is 374 g/mol. The number of hydrogen-bond donors (Lipinski definition) is 2. The van der Waals surface area contributed by atoms with Crippen LogP contribution < -0.4 is 10.6 Å². The van der Waals surface area contributed by atoms with Crippen molar-refractivity contribution in [2.24, 2.45) is 10.9 Å². The zero-order chi connectivity index (χ0) is 19.5. The monoisotopic (exact) mass is 373 g/mol. The van der Waals surface area contributed by atoms with Gasteiger partial charge in [-0.05, 0) is 44.3 Å². The van der Waals surface area contributed by atoms with Gasteiger partial charge in [-0.25, -0.2) is 0 Å². The molecule has 1 aliphatic heterocycles. The zero-order valence-corrected chi connectivity index (χ0v) is 17.1. The van der Waals surface area contributed by atoms with Gasteiger partial charge >= 0.3 is 0 Å². The topological polar surface area (TPSA) is 60.0 Å². The van der Waals surface area contributed by atoms with Crippen molar-refractivity contribution in [2.45, 2.75) is 32.2 Å². The van der Waals surface area contributed by atoms with Crippen molar-refractivity contribution < 1.29 is 4.79 Å². The Balaban J connectivity index is 1.64. The molecule has 0 spiro atoms. The summed E-state index contributed by atoms with van der Waals surface area (Å²) in [6.45, 7) is 4.88. The van der Waals surface area contributed by atoms with E-state index in [-0.39, 0.29) is 5.91 Å². The molecule has 1 amide bonds. The summed E-state index contributed by atoms with van der Waals surface area (Å²) in [5, 5.41) is 6.22. The molecule has 0 radical (unpaired) electrons. The lowest BCUT2D eigenvalue weighted by Crippen LogP contribution is -2.46. The largest absolute Gasteiger partial charge is 0.359 e. The summed E-state index contributed by atoms with van der Waals surface area (Å²) in [5.74, 6) is 1.63. The minimum atomic E-state index is 0.149. The van der Waals surface area contributed by atoms with Crippen LogP contribution in [0.1, 0.15) is 31.2 Å². The highest BCUT2D eigenvalue weighted by Crippen LogP contribution is 2.20. The Morgan fingerprint density at radius 2 is 1.96 bits per heavy atom. The second kappa shape index (κ2) is 11.6. The van der Waals surface area contributed by atoms with Crippen molar-refractivity contribution in [3.63, 3.8) is 0 Å².